The van der Waals surface area contributed by atoms with E-state index >= 15 is 0 Å². The number of nitrogens with one attached hydrogen (secondary N) is 1. The molecule has 9 heteroatoms. The summed E-state index contributed by atoms with van der Waals surface area (Å²) in [6.07, 6.45) is -1.70. The van der Waals surface area contributed by atoms with E-state index < -0.39 is 32.4 Å². The summed E-state index contributed by atoms with van der Waals surface area (Å²) in [4.78, 5) is 3.36. The molecule has 0 saturated heterocycles. The molecule has 0 aliphatic heterocycles. The van der Waals surface area contributed by atoms with Crippen LogP contribution in [0.15, 0.2) is 35.5 Å². The summed E-state index contributed by atoms with van der Waals surface area (Å²) in [6.45, 7) is 5.44. The van der Waals surface area contributed by atoms with E-state index in [4.69, 9.17) is 0 Å². The summed E-state index contributed by atoms with van der Waals surface area (Å²) in [5.74, 6) is -0.0310. The van der Waals surface area contributed by atoms with Gasteiger partial charge in [-0.25, -0.2) is 26.6 Å². The lowest BCUT2D eigenvalue weighted by atomic mass is 10.1. The zero-order valence-corrected chi connectivity index (χ0v) is 13.1. The monoisotopic (exact) mass is 330 g/mol. The van der Waals surface area contributed by atoms with Crippen LogP contribution in [0.3, 0.4) is 0 Å². The van der Waals surface area contributed by atoms with E-state index in [0.29, 0.717) is 0 Å². The first-order chi connectivity index (χ1) is 10.1. The first kappa shape index (κ1) is 16.3. The van der Waals surface area contributed by atoms with E-state index in [1.165, 1.54) is 23.1 Å². The number of hydrogen-bond donors (Lipinski definition) is 1. The van der Waals surface area contributed by atoms with Crippen molar-refractivity contribution < 1.29 is 17.2 Å². The Balaban J connectivity index is 2.44. The fourth-order valence-corrected chi connectivity index (χ4v) is 3.10. The van der Waals surface area contributed by atoms with Crippen molar-refractivity contribution in [2.75, 3.05) is 4.72 Å². The standard InChI is InChI=1S/C13H16F2N4O2S/c1-13(2,3)19-12(16-8-17-19)18-22(20,21)10-7-5-4-6-9(10)11(14)15/h4-8,11H,1-3H3,(H,16,17,18). The number of halogens is 2. The lowest BCUT2D eigenvalue weighted by molar-refractivity contribution is 0.148. The van der Waals surface area contributed by atoms with Crippen molar-refractivity contribution in [3.8, 4) is 0 Å². The fourth-order valence-electron chi connectivity index (χ4n) is 1.88. The molecule has 2 rings (SSSR count). The van der Waals surface area contributed by atoms with Crippen molar-refractivity contribution in [2.24, 2.45) is 0 Å². The van der Waals surface area contributed by atoms with Crippen LogP contribution in [-0.4, -0.2) is 23.2 Å². The van der Waals surface area contributed by atoms with Gasteiger partial charge in [0.05, 0.1) is 10.4 Å². The Bertz CT molecular complexity index is 766. The van der Waals surface area contributed by atoms with Crippen molar-refractivity contribution in [2.45, 2.75) is 37.6 Å². The van der Waals surface area contributed by atoms with Gasteiger partial charge in [-0.3, -0.25) is 0 Å². The largest absolute Gasteiger partial charge is 0.265 e. The molecule has 1 aromatic carbocycles. The third-order valence-electron chi connectivity index (χ3n) is 2.85. The summed E-state index contributed by atoms with van der Waals surface area (Å²) in [5, 5.41) is 3.95. The van der Waals surface area contributed by atoms with E-state index in [1.807, 2.05) is 20.8 Å². The summed E-state index contributed by atoms with van der Waals surface area (Å²) >= 11 is 0. The molecule has 0 bridgehead atoms. The van der Waals surface area contributed by atoms with Crippen molar-refractivity contribution in [1.82, 2.24) is 14.8 Å². The number of anilines is 1. The van der Waals surface area contributed by atoms with E-state index in [9.17, 15) is 17.2 Å². The summed E-state index contributed by atoms with van der Waals surface area (Å²) < 4.78 is 54.3. The number of nitrogens with zero attached hydrogens (tertiary/aromatic N) is 3. The van der Waals surface area contributed by atoms with Gasteiger partial charge in [0.1, 0.15) is 6.33 Å². The van der Waals surface area contributed by atoms with Gasteiger partial charge in [-0.05, 0) is 26.8 Å². The summed E-state index contributed by atoms with van der Waals surface area (Å²) in [5.41, 5.74) is -1.08. The number of benzene rings is 1. The molecule has 0 atom stereocenters. The summed E-state index contributed by atoms with van der Waals surface area (Å²) in [6, 6.07) is 4.95. The van der Waals surface area contributed by atoms with Crippen LogP contribution >= 0.6 is 0 Å². The van der Waals surface area contributed by atoms with Crippen LogP contribution in [-0.2, 0) is 15.6 Å². The van der Waals surface area contributed by atoms with Crippen LogP contribution in [0.5, 0.6) is 0 Å². The molecule has 0 aliphatic rings. The number of hydrogen-bond acceptors (Lipinski definition) is 4. The van der Waals surface area contributed by atoms with Crippen LogP contribution in [0.2, 0.25) is 0 Å². The maximum Gasteiger partial charge on any atom is 0.265 e. The second-order valence-electron chi connectivity index (χ2n) is 5.61. The molecule has 0 spiro atoms. The highest BCUT2D eigenvalue weighted by Crippen LogP contribution is 2.28. The highest BCUT2D eigenvalue weighted by molar-refractivity contribution is 7.92. The Kier molecular flexibility index (Phi) is 4.19. The molecule has 6 nitrogen and oxygen atoms in total. The molecule has 0 amide bonds. The van der Waals surface area contributed by atoms with Crippen molar-refractivity contribution in [3.63, 3.8) is 0 Å². The second-order valence-corrected chi connectivity index (χ2v) is 7.26. The van der Waals surface area contributed by atoms with Gasteiger partial charge < -0.3 is 0 Å². The molecule has 0 aliphatic carbocycles. The zero-order chi connectivity index (χ0) is 16.5. The molecule has 1 heterocycles. The number of aromatic nitrogens is 3. The van der Waals surface area contributed by atoms with Gasteiger partial charge in [0.2, 0.25) is 5.95 Å². The van der Waals surface area contributed by atoms with Gasteiger partial charge in [0.15, 0.2) is 0 Å². The minimum atomic E-state index is -4.20. The molecule has 120 valence electrons. The van der Waals surface area contributed by atoms with Gasteiger partial charge in [-0.15, -0.1) is 0 Å². The van der Waals surface area contributed by atoms with Gasteiger partial charge in [0.25, 0.3) is 16.4 Å². The third kappa shape index (κ3) is 3.24. The quantitative estimate of drug-likeness (QED) is 0.935. The molecule has 1 N–H and O–H groups in total. The van der Waals surface area contributed by atoms with Crippen LogP contribution in [0.25, 0.3) is 0 Å². The average Bonchev–Trinajstić information content (AvgIpc) is 2.86. The molecule has 0 radical (unpaired) electrons. The fraction of sp³-hybridized carbons (Fsp3) is 0.385. The Morgan fingerprint density at radius 3 is 2.45 bits per heavy atom. The average molecular weight is 330 g/mol. The lowest BCUT2D eigenvalue weighted by Crippen LogP contribution is -2.27. The van der Waals surface area contributed by atoms with E-state index in [0.717, 1.165) is 12.1 Å². The maximum atomic E-state index is 13.0. The van der Waals surface area contributed by atoms with Gasteiger partial charge in [0, 0.05) is 5.56 Å². The predicted molar refractivity (Wildman–Crippen MR) is 77.2 cm³/mol. The Hall–Kier alpha value is -2.03. The highest BCUT2D eigenvalue weighted by atomic mass is 32.2. The van der Waals surface area contributed by atoms with Crippen molar-refractivity contribution >= 4 is 16.0 Å². The number of alkyl halides is 2. The normalized spacial score (nSPS) is 12.6. The number of sulfonamides is 1. The van der Waals surface area contributed by atoms with Crippen LogP contribution in [0, 0.1) is 0 Å². The predicted octanol–water partition coefficient (Wildman–Crippen LogP) is 2.77. The van der Waals surface area contributed by atoms with Crippen molar-refractivity contribution in [3.05, 3.63) is 36.2 Å². The highest BCUT2D eigenvalue weighted by Gasteiger charge is 2.26. The first-order valence-electron chi connectivity index (χ1n) is 6.43. The minimum absolute atomic E-state index is 0.0310. The maximum absolute atomic E-state index is 13.0. The summed E-state index contributed by atoms with van der Waals surface area (Å²) in [7, 11) is -4.20. The second kappa shape index (κ2) is 5.64. The Morgan fingerprint density at radius 1 is 1.23 bits per heavy atom. The topological polar surface area (TPSA) is 76.9 Å². The van der Waals surface area contributed by atoms with Gasteiger partial charge >= 0.3 is 0 Å². The Morgan fingerprint density at radius 2 is 1.86 bits per heavy atom. The minimum Gasteiger partial charge on any atom is -0.247 e. The molecule has 22 heavy (non-hydrogen) atoms. The van der Waals surface area contributed by atoms with E-state index in [2.05, 4.69) is 14.8 Å². The Labute approximate surface area is 127 Å². The van der Waals surface area contributed by atoms with E-state index in [1.54, 1.807) is 0 Å². The van der Waals surface area contributed by atoms with Crippen molar-refractivity contribution in [1.29, 1.82) is 0 Å². The zero-order valence-electron chi connectivity index (χ0n) is 12.3. The molecule has 2 aromatic rings. The smallest absolute Gasteiger partial charge is 0.247 e. The van der Waals surface area contributed by atoms with Gasteiger partial charge in [-0.1, -0.05) is 18.2 Å². The first-order valence-corrected chi connectivity index (χ1v) is 7.91. The SMILES string of the molecule is CC(C)(C)n1ncnc1NS(=O)(=O)c1ccccc1C(F)F. The molecule has 1 aromatic heterocycles. The molecular formula is C13H16F2N4O2S. The third-order valence-corrected chi connectivity index (χ3v) is 4.25. The lowest BCUT2D eigenvalue weighted by Gasteiger charge is -2.21. The van der Waals surface area contributed by atoms with Gasteiger partial charge in [-0.2, -0.15) is 10.1 Å². The van der Waals surface area contributed by atoms with E-state index in [-0.39, 0.29) is 5.95 Å². The van der Waals surface area contributed by atoms with Crippen LogP contribution < -0.4 is 4.72 Å². The number of rotatable bonds is 4. The molecular weight excluding hydrogens is 314 g/mol. The van der Waals surface area contributed by atoms with Crippen LogP contribution in [0.4, 0.5) is 14.7 Å². The molecule has 0 fully saturated rings. The molecule has 0 saturated carbocycles. The molecule has 0 unspecified atom stereocenters. The van der Waals surface area contributed by atoms with Crippen LogP contribution in [0.1, 0.15) is 32.8 Å².